The number of nitrogens with one attached hydrogen (secondary N) is 1. The number of thiazole rings is 1. The molecule has 1 aromatic heterocycles. The first-order valence-corrected chi connectivity index (χ1v) is 15.7. The summed E-state index contributed by atoms with van der Waals surface area (Å²) in [6, 6.07) is 0. The topological polar surface area (TPSA) is 87.0 Å². The van der Waals surface area contributed by atoms with Crippen molar-refractivity contribution in [1.29, 1.82) is 0 Å². The first-order chi connectivity index (χ1) is 18.7. The highest BCUT2D eigenvalue weighted by Crippen LogP contribution is 2.13. The van der Waals surface area contributed by atoms with Gasteiger partial charge >= 0.3 is 12.2 Å². The quantitative estimate of drug-likeness (QED) is 0.0778. The maximum atomic E-state index is 11.9. The number of hydrogen-bond acceptors (Lipinski definition) is 7. The summed E-state index contributed by atoms with van der Waals surface area (Å²) in [5, 5.41) is 4.65. The van der Waals surface area contributed by atoms with E-state index in [1.807, 2.05) is 21.7 Å². The van der Waals surface area contributed by atoms with Crippen molar-refractivity contribution in [1.82, 2.24) is 5.32 Å². The Hall–Kier alpha value is -1.87. The van der Waals surface area contributed by atoms with Crippen LogP contribution >= 0.6 is 11.3 Å². The van der Waals surface area contributed by atoms with E-state index in [0.29, 0.717) is 19.7 Å². The largest absolute Gasteiger partial charge is 0.508 e. The van der Waals surface area contributed by atoms with Gasteiger partial charge in [0.2, 0.25) is 5.51 Å². The van der Waals surface area contributed by atoms with E-state index in [4.69, 9.17) is 14.2 Å². The highest BCUT2D eigenvalue weighted by molar-refractivity contribution is 7.07. The minimum absolute atomic E-state index is 0.0918. The van der Waals surface area contributed by atoms with Crippen LogP contribution in [0.3, 0.4) is 0 Å². The molecule has 220 valence electrons. The number of aromatic nitrogens is 1. The molecule has 0 aliphatic rings. The summed E-state index contributed by atoms with van der Waals surface area (Å²) in [5.41, 5.74) is 1.96. The second kappa shape index (κ2) is 25.4. The molecule has 1 atom stereocenters. The van der Waals surface area contributed by atoms with Crippen molar-refractivity contribution in [2.75, 3.05) is 33.5 Å². The Kier molecular flexibility index (Phi) is 22.8. The van der Waals surface area contributed by atoms with E-state index < -0.39 is 18.4 Å². The van der Waals surface area contributed by atoms with E-state index in [1.54, 1.807) is 11.3 Å². The predicted octanol–water partition coefficient (Wildman–Crippen LogP) is 7.19. The molecule has 0 aliphatic carbocycles. The monoisotopic (exact) mass is 557 g/mol. The van der Waals surface area contributed by atoms with Crippen molar-refractivity contribution in [2.24, 2.45) is 0 Å². The molecule has 0 saturated heterocycles. The third-order valence-electron chi connectivity index (χ3n) is 6.44. The first kappa shape index (κ1) is 34.2. The summed E-state index contributed by atoms with van der Waals surface area (Å²) in [4.78, 5) is 23.4. The van der Waals surface area contributed by atoms with Crippen LogP contribution in [0.1, 0.15) is 110 Å². The van der Waals surface area contributed by atoms with Crippen molar-refractivity contribution >= 4 is 23.6 Å². The summed E-state index contributed by atoms with van der Waals surface area (Å²) in [6.45, 7) is 4.02. The second-order valence-corrected chi connectivity index (χ2v) is 10.6. The van der Waals surface area contributed by atoms with E-state index in [0.717, 1.165) is 12.8 Å². The zero-order valence-corrected chi connectivity index (χ0v) is 24.8. The van der Waals surface area contributed by atoms with Crippen molar-refractivity contribution in [3.05, 3.63) is 17.1 Å². The van der Waals surface area contributed by atoms with E-state index in [1.165, 1.54) is 97.0 Å². The van der Waals surface area contributed by atoms with Crippen LogP contribution in [0, 0.1) is 0 Å². The van der Waals surface area contributed by atoms with Gasteiger partial charge in [0, 0.05) is 6.61 Å². The van der Waals surface area contributed by atoms with Crippen molar-refractivity contribution < 1.29 is 33.1 Å². The summed E-state index contributed by atoms with van der Waals surface area (Å²) in [5.74, 6) is 0. The summed E-state index contributed by atoms with van der Waals surface area (Å²) < 4.78 is 22.5. The normalized spacial score (nSPS) is 11.7. The minimum Gasteiger partial charge on any atom is -0.446 e. The number of ether oxygens (including phenoxy) is 4. The number of alkyl carbamates (subject to hydrolysis) is 1. The standard InChI is InChI=1S/C29H52N2O6S/c1-3-4-5-6-7-8-9-10-11-12-13-14-15-16-17-18-22-35-24-27(37-29(33)34-2)25-36-28(32)30-19-20-31-21-23-38-26-31/h21,23,26-27H,3-20,22,24-25H2,1-2H3/p+1/t27-/m1/s1. The van der Waals surface area contributed by atoms with Crippen LogP contribution < -0.4 is 9.88 Å². The Balaban J connectivity index is 1.96. The van der Waals surface area contributed by atoms with Gasteiger partial charge in [-0.15, -0.1) is 0 Å². The van der Waals surface area contributed by atoms with E-state index in [2.05, 4.69) is 17.0 Å². The van der Waals surface area contributed by atoms with Gasteiger partial charge in [0.1, 0.15) is 6.61 Å². The number of rotatable bonds is 25. The zero-order chi connectivity index (χ0) is 27.5. The molecule has 1 N–H and O–H groups in total. The molecule has 0 bridgehead atoms. The van der Waals surface area contributed by atoms with Crippen LogP contribution in [0.2, 0.25) is 0 Å². The van der Waals surface area contributed by atoms with Crippen LogP contribution in [0.25, 0.3) is 0 Å². The lowest BCUT2D eigenvalue weighted by Gasteiger charge is -2.17. The molecule has 1 aromatic rings. The van der Waals surface area contributed by atoms with Crippen LogP contribution in [0.4, 0.5) is 9.59 Å². The molecule has 1 rings (SSSR count). The van der Waals surface area contributed by atoms with Gasteiger partial charge in [0.15, 0.2) is 18.8 Å². The molecule has 0 aliphatic heterocycles. The van der Waals surface area contributed by atoms with Crippen LogP contribution in [-0.2, 0) is 25.5 Å². The van der Waals surface area contributed by atoms with E-state index in [-0.39, 0.29) is 13.2 Å². The van der Waals surface area contributed by atoms with Gasteiger partial charge < -0.3 is 24.3 Å². The SMILES string of the molecule is CCCCCCCCCCCCCCCCCCOC[C@H](COC(=O)NCC[n+]1ccsc1)OC(=O)OC. The van der Waals surface area contributed by atoms with Gasteiger partial charge in [-0.25, -0.2) is 9.59 Å². The number of amides is 1. The average molecular weight is 558 g/mol. The average Bonchev–Trinajstić information content (AvgIpc) is 3.44. The lowest BCUT2D eigenvalue weighted by atomic mass is 10.0. The molecule has 0 spiro atoms. The van der Waals surface area contributed by atoms with E-state index >= 15 is 0 Å². The smallest absolute Gasteiger partial charge is 0.446 e. The number of carbonyl (C=O) groups excluding carboxylic acids is 2. The van der Waals surface area contributed by atoms with Crippen LogP contribution in [0.5, 0.6) is 0 Å². The summed E-state index contributed by atoms with van der Waals surface area (Å²) >= 11 is 1.59. The molecule has 8 nitrogen and oxygen atoms in total. The van der Waals surface area contributed by atoms with Gasteiger partial charge in [-0.2, -0.15) is 4.57 Å². The van der Waals surface area contributed by atoms with Gasteiger partial charge in [-0.05, 0) is 6.42 Å². The van der Waals surface area contributed by atoms with Gasteiger partial charge in [0.05, 0.1) is 25.6 Å². The van der Waals surface area contributed by atoms with Crippen molar-refractivity contribution in [2.45, 2.75) is 122 Å². The maximum absolute atomic E-state index is 11.9. The third-order valence-corrected chi connectivity index (χ3v) is 7.11. The Bertz CT molecular complexity index is 674. The lowest BCUT2D eigenvalue weighted by molar-refractivity contribution is -0.690. The molecule has 0 radical (unpaired) electrons. The molecule has 1 amide bonds. The second-order valence-electron chi connectivity index (χ2n) is 9.86. The summed E-state index contributed by atoms with van der Waals surface area (Å²) in [7, 11) is 1.24. The maximum Gasteiger partial charge on any atom is 0.508 e. The molecule has 0 unspecified atom stereocenters. The highest BCUT2D eigenvalue weighted by atomic mass is 32.1. The number of hydrogen-bond donors (Lipinski definition) is 1. The number of unbranched alkanes of at least 4 members (excludes halogenated alkanes) is 15. The van der Waals surface area contributed by atoms with E-state index in [9.17, 15) is 9.59 Å². The minimum atomic E-state index is -0.820. The molecule has 0 saturated carbocycles. The fourth-order valence-corrected chi connectivity index (χ4v) is 4.79. The third kappa shape index (κ3) is 21.1. The fourth-order valence-electron chi connectivity index (χ4n) is 4.16. The molecule has 0 aromatic carbocycles. The van der Waals surface area contributed by atoms with Gasteiger partial charge in [-0.1, -0.05) is 115 Å². The zero-order valence-electron chi connectivity index (χ0n) is 24.0. The molecule has 0 fully saturated rings. The molecular weight excluding hydrogens is 504 g/mol. The van der Waals surface area contributed by atoms with Crippen LogP contribution in [0.15, 0.2) is 17.1 Å². The fraction of sp³-hybridized carbons (Fsp3) is 0.828. The Morgan fingerprint density at radius 2 is 1.42 bits per heavy atom. The molecular formula is C29H53N2O6S+. The Morgan fingerprint density at radius 1 is 0.842 bits per heavy atom. The Labute approximate surface area is 234 Å². The van der Waals surface area contributed by atoms with Gasteiger partial charge in [0.25, 0.3) is 0 Å². The molecule has 9 heteroatoms. The Morgan fingerprint density at radius 3 is 1.95 bits per heavy atom. The highest BCUT2D eigenvalue weighted by Gasteiger charge is 2.18. The summed E-state index contributed by atoms with van der Waals surface area (Å²) in [6.07, 6.45) is 21.1. The van der Waals surface area contributed by atoms with Crippen molar-refractivity contribution in [3.63, 3.8) is 0 Å². The van der Waals surface area contributed by atoms with Crippen molar-refractivity contribution in [3.8, 4) is 0 Å². The van der Waals surface area contributed by atoms with Gasteiger partial charge in [-0.3, -0.25) is 0 Å². The predicted molar refractivity (Wildman–Crippen MR) is 152 cm³/mol. The molecule has 38 heavy (non-hydrogen) atoms. The number of nitrogens with zero attached hydrogens (tertiary/aromatic N) is 1. The lowest BCUT2D eigenvalue weighted by Crippen LogP contribution is -2.39. The molecule has 1 heterocycles. The number of methoxy groups -OCH3 is 1. The first-order valence-electron chi connectivity index (χ1n) is 14.8. The van der Waals surface area contributed by atoms with Crippen LogP contribution in [-0.4, -0.2) is 51.8 Å². The number of carbonyl (C=O) groups is 2.